The van der Waals surface area contributed by atoms with Crippen molar-refractivity contribution in [1.29, 1.82) is 0 Å². The number of benzene rings is 2. The van der Waals surface area contributed by atoms with Crippen molar-refractivity contribution in [3.63, 3.8) is 0 Å². The van der Waals surface area contributed by atoms with Crippen molar-refractivity contribution in [2.75, 3.05) is 17.2 Å². The lowest BCUT2D eigenvalue weighted by Gasteiger charge is -2.11. The molecule has 114 valence electrons. The Kier molecular flexibility index (Phi) is 5.75. The van der Waals surface area contributed by atoms with Crippen LogP contribution in [0.5, 0.6) is 0 Å². The van der Waals surface area contributed by atoms with Crippen molar-refractivity contribution in [3.8, 4) is 0 Å². The highest BCUT2D eigenvalue weighted by Crippen LogP contribution is 2.16. The molecule has 0 saturated heterocycles. The van der Waals surface area contributed by atoms with E-state index in [0.29, 0.717) is 22.3 Å². The van der Waals surface area contributed by atoms with Crippen LogP contribution in [0.4, 0.5) is 11.4 Å². The second kappa shape index (κ2) is 7.77. The van der Waals surface area contributed by atoms with E-state index in [1.807, 2.05) is 12.1 Å². The van der Waals surface area contributed by atoms with Gasteiger partial charge in [-0.1, -0.05) is 17.7 Å². The first-order valence-electron chi connectivity index (χ1n) is 6.69. The molecule has 0 fully saturated rings. The van der Waals surface area contributed by atoms with Crippen LogP contribution in [0.15, 0.2) is 48.5 Å². The van der Waals surface area contributed by atoms with E-state index >= 15 is 0 Å². The second-order valence-electron chi connectivity index (χ2n) is 4.39. The van der Waals surface area contributed by atoms with Gasteiger partial charge in [0, 0.05) is 16.4 Å². The fraction of sp³-hybridized carbons (Fsp3) is 0.125. The maximum Gasteiger partial charge on any atom is 0.338 e. The molecular weight excluding hydrogens is 320 g/mol. The monoisotopic (exact) mass is 334 g/mol. The van der Waals surface area contributed by atoms with Gasteiger partial charge in [0.2, 0.25) is 0 Å². The zero-order valence-electron chi connectivity index (χ0n) is 11.9. The van der Waals surface area contributed by atoms with Crippen LogP contribution in [0.25, 0.3) is 0 Å². The molecule has 6 heteroatoms. The molecular formula is C16H15ClN2O2S. The number of esters is 1. The molecule has 0 aliphatic rings. The number of nitrogens with one attached hydrogen (secondary N) is 2. The summed E-state index contributed by atoms with van der Waals surface area (Å²) in [6.07, 6.45) is 0. The summed E-state index contributed by atoms with van der Waals surface area (Å²) < 4.78 is 4.93. The first-order chi connectivity index (χ1) is 10.6. The van der Waals surface area contributed by atoms with Crippen LogP contribution in [-0.4, -0.2) is 17.7 Å². The van der Waals surface area contributed by atoms with Gasteiger partial charge in [-0.25, -0.2) is 4.79 Å². The molecule has 0 aliphatic heterocycles. The molecule has 0 saturated carbocycles. The highest BCUT2D eigenvalue weighted by atomic mass is 35.5. The maximum atomic E-state index is 11.6. The number of thiocarbonyl (C=S) groups is 1. The van der Waals surface area contributed by atoms with Crippen LogP contribution in [0.3, 0.4) is 0 Å². The summed E-state index contributed by atoms with van der Waals surface area (Å²) in [5.41, 5.74) is 2.07. The van der Waals surface area contributed by atoms with Crippen molar-refractivity contribution in [2.24, 2.45) is 0 Å². The van der Waals surface area contributed by atoms with Crippen LogP contribution >= 0.6 is 23.8 Å². The molecule has 2 N–H and O–H groups in total. The van der Waals surface area contributed by atoms with Gasteiger partial charge in [-0.05, 0) is 61.6 Å². The Morgan fingerprint density at radius 3 is 2.45 bits per heavy atom. The van der Waals surface area contributed by atoms with Gasteiger partial charge in [0.05, 0.1) is 12.2 Å². The Balaban J connectivity index is 1.95. The summed E-state index contributed by atoms with van der Waals surface area (Å²) in [4.78, 5) is 11.6. The third-order valence-electron chi connectivity index (χ3n) is 2.74. The SMILES string of the molecule is CCOC(=O)c1ccc(NC(=S)Nc2cccc(Cl)c2)cc1. The minimum absolute atomic E-state index is 0.339. The van der Waals surface area contributed by atoms with Crippen LogP contribution in [0, 0.1) is 0 Å². The van der Waals surface area contributed by atoms with Gasteiger partial charge >= 0.3 is 5.97 Å². The van der Waals surface area contributed by atoms with Gasteiger partial charge < -0.3 is 15.4 Å². The lowest BCUT2D eigenvalue weighted by molar-refractivity contribution is 0.0526. The number of anilines is 2. The summed E-state index contributed by atoms with van der Waals surface area (Å²) >= 11 is 11.1. The summed E-state index contributed by atoms with van der Waals surface area (Å²) in [5.74, 6) is -0.339. The number of hydrogen-bond donors (Lipinski definition) is 2. The van der Waals surface area contributed by atoms with E-state index in [1.165, 1.54) is 0 Å². The van der Waals surface area contributed by atoms with Crippen molar-refractivity contribution in [3.05, 3.63) is 59.1 Å². The van der Waals surface area contributed by atoms with E-state index in [1.54, 1.807) is 43.3 Å². The van der Waals surface area contributed by atoms with Crippen molar-refractivity contribution < 1.29 is 9.53 Å². The third-order valence-corrected chi connectivity index (χ3v) is 3.18. The Bertz CT molecular complexity index is 674. The van der Waals surface area contributed by atoms with Crippen molar-refractivity contribution in [2.45, 2.75) is 6.92 Å². The van der Waals surface area contributed by atoms with Gasteiger partial charge in [0.15, 0.2) is 5.11 Å². The molecule has 22 heavy (non-hydrogen) atoms. The summed E-state index contributed by atoms with van der Waals surface area (Å²) in [6, 6.07) is 14.2. The summed E-state index contributed by atoms with van der Waals surface area (Å²) in [5, 5.41) is 7.13. The molecule has 0 amide bonds. The van der Waals surface area contributed by atoms with Crippen LogP contribution in [-0.2, 0) is 4.74 Å². The summed E-state index contributed by atoms with van der Waals surface area (Å²) in [7, 11) is 0. The molecule has 0 aromatic heterocycles. The molecule has 0 aliphatic carbocycles. The van der Waals surface area contributed by atoms with Crippen LogP contribution in [0.2, 0.25) is 5.02 Å². The van der Waals surface area contributed by atoms with E-state index in [9.17, 15) is 4.79 Å². The first kappa shape index (κ1) is 16.3. The second-order valence-corrected chi connectivity index (χ2v) is 5.23. The van der Waals surface area contributed by atoms with Gasteiger partial charge in [-0.2, -0.15) is 0 Å². The number of rotatable bonds is 4. The number of carbonyl (C=O) groups excluding carboxylic acids is 1. The predicted molar refractivity (Wildman–Crippen MR) is 93.7 cm³/mol. The normalized spacial score (nSPS) is 9.91. The lowest BCUT2D eigenvalue weighted by atomic mass is 10.2. The zero-order valence-corrected chi connectivity index (χ0v) is 13.5. The van der Waals surface area contributed by atoms with Gasteiger partial charge in [0.25, 0.3) is 0 Å². The number of carbonyl (C=O) groups is 1. The fourth-order valence-electron chi connectivity index (χ4n) is 1.76. The van der Waals surface area contributed by atoms with Gasteiger partial charge in [0.1, 0.15) is 0 Å². The Hall–Kier alpha value is -2.11. The topological polar surface area (TPSA) is 50.4 Å². The highest BCUT2D eigenvalue weighted by Gasteiger charge is 2.06. The Labute approximate surface area is 139 Å². The molecule has 0 radical (unpaired) electrons. The highest BCUT2D eigenvalue weighted by molar-refractivity contribution is 7.80. The average molecular weight is 335 g/mol. The minimum atomic E-state index is -0.339. The quantitative estimate of drug-likeness (QED) is 0.644. The molecule has 0 bridgehead atoms. The third kappa shape index (κ3) is 4.72. The van der Waals surface area contributed by atoms with E-state index in [2.05, 4.69) is 10.6 Å². The largest absolute Gasteiger partial charge is 0.462 e. The van der Waals surface area contributed by atoms with E-state index in [-0.39, 0.29) is 5.97 Å². The summed E-state index contributed by atoms with van der Waals surface area (Å²) in [6.45, 7) is 2.13. The first-order valence-corrected chi connectivity index (χ1v) is 7.48. The zero-order chi connectivity index (χ0) is 15.9. The molecule has 4 nitrogen and oxygen atoms in total. The number of ether oxygens (including phenoxy) is 1. The molecule has 0 atom stereocenters. The number of halogens is 1. The van der Waals surface area contributed by atoms with Gasteiger partial charge in [-0.3, -0.25) is 0 Å². The van der Waals surface area contributed by atoms with E-state index in [0.717, 1.165) is 11.4 Å². The number of hydrogen-bond acceptors (Lipinski definition) is 3. The van der Waals surface area contributed by atoms with Crippen molar-refractivity contribution >= 4 is 46.3 Å². The predicted octanol–water partition coefficient (Wildman–Crippen LogP) is 4.33. The van der Waals surface area contributed by atoms with Crippen LogP contribution in [0.1, 0.15) is 17.3 Å². The van der Waals surface area contributed by atoms with Crippen molar-refractivity contribution in [1.82, 2.24) is 0 Å². The van der Waals surface area contributed by atoms with E-state index in [4.69, 9.17) is 28.6 Å². The molecule has 0 spiro atoms. The smallest absolute Gasteiger partial charge is 0.338 e. The maximum absolute atomic E-state index is 11.6. The molecule has 0 heterocycles. The lowest BCUT2D eigenvalue weighted by Crippen LogP contribution is -2.19. The van der Waals surface area contributed by atoms with Gasteiger partial charge in [-0.15, -0.1) is 0 Å². The molecule has 2 rings (SSSR count). The standard InChI is InChI=1S/C16H15ClN2O2S/c1-2-21-15(20)11-6-8-13(9-7-11)18-16(22)19-14-5-3-4-12(17)10-14/h3-10H,2H2,1H3,(H2,18,19,22). The molecule has 2 aromatic rings. The fourth-order valence-corrected chi connectivity index (χ4v) is 2.19. The van der Waals surface area contributed by atoms with E-state index < -0.39 is 0 Å². The minimum Gasteiger partial charge on any atom is -0.462 e. The molecule has 2 aromatic carbocycles. The Morgan fingerprint density at radius 1 is 1.14 bits per heavy atom. The Morgan fingerprint density at radius 2 is 1.82 bits per heavy atom. The molecule has 0 unspecified atom stereocenters. The van der Waals surface area contributed by atoms with Crippen LogP contribution < -0.4 is 10.6 Å². The average Bonchev–Trinajstić information content (AvgIpc) is 2.48.